The van der Waals surface area contributed by atoms with Gasteiger partial charge < -0.3 is 16.0 Å². The van der Waals surface area contributed by atoms with E-state index >= 15 is 0 Å². The lowest BCUT2D eigenvalue weighted by molar-refractivity contribution is 0.0963. The maximum atomic E-state index is 13.6. The molecule has 2 aromatic rings. The Morgan fingerprint density at radius 2 is 1.81 bits per heavy atom. The van der Waals surface area contributed by atoms with Crippen LogP contribution in [0.25, 0.3) is 0 Å². The molecule has 2 aromatic carbocycles. The molecule has 1 amide bonds. The van der Waals surface area contributed by atoms with Crippen LogP contribution < -0.4 is 16.0 Å². The lowest BCUT2D eigenvalue weighted by Crippen LogP contribution is -2.36. The Morgan fingerprint density at radius 1 is 1.08 bits per heavy atom. The van der Waals surface area contributed by atoms with Crippen LogP contribution >= 0.6 is 24.0 Å². The predicted octanol–water partition coefficient (Wildman–Crippen LogP) is 2.81. The van der Waals surface area contributed by atoms with E-state index in [1.165, 1.54) is 0 Å². The standard InChI is InChI=1S/C18H20F2N4O.HI/c1-21-17(25)13-5-3-4-12(8-13)10-23-18(22-2)24-11-14-9-15(19)6-7-16(14)20;/h3-9H,10-11H2,1-2H3,(H,21,25)(H2,22,23,24);1H. The third-order valence-electron chi connectivity index (χ3n) is 3.55. The van der Waals surface area contributed by atoms with Gasteiger partial charge >= 0.3 is 0 Å². The van der Waals surface area contributed by atoms with E-state index in [9.17, 15) is 13.6 Å². The molecule has 3 N–H and O–H groups in total. The molecule has 0 unspecified atom stereocenters. The minimum atomic E-state index is -0.493. The number of benzene rings is 2. The van der Waals surface area contributed by atoms with Crippen LogP contribution in [0.4, 0.5) is 8.78 Å². The van der Waals surface area contributed by atoms with Crippen molar-refractivity contribution in [1.29, 1.82) is 0 Å². The quantitative estimate of drug-likeness (QED) is 0.355. The lowest BCUT2D eigenvalue weighted by atomic mass is 10.1. The van der Waals surface area contributed by atoms with Gasteiger partial charge in [-0.1, -0.05) is 12.1 Å². The van der Waals surface area contributed by atoms with E-state index in [1.807, 2.05) is 6.07 Å². The Balaban J connectivity index is 0.00000338. The zero-order valence-electron chi connectivity index (χ0n) is 14.5. The van der Waals surface area contributed by atoms with Crippen LogP contribution in [0.3, 0.4) is 0 Å². The summed E-state index contributed by atoms with van der Waals surface area (Å²) in [7, 11) is 3.16. The van der Waals surface area contributed by atoms with Crippen molar-refractivity contribution in [2.45, 2.75) is 13.1 Å². The first kappa shape index (κ1) is 21.8. The van der Waals surface area contributed by atoms with Crippen molar-refractivity contribution >= 4 is 35.8 Å². The summed E-state index contributed by atoms with van der Waals surface area (Å²) < 4.78 is 26.8. The van der Waals surface area contributed by atoms with Gasteiger partial charge in [-0.15, -0.1) is 24.0 Å². The molecule has 5 nitrogen and oxygen atoms in total. The molecular formula is C18H21F2IN4O. The largest absolute Gasteiger partial charge is 0.355 e. The van der Waals surface area contributed by atoms with Crippen LogP contribution in [0.5, 0.6) is 0 Å². The molecular weight excluding hydrogens is 453 g/mol. The number of halogens is 3. The number of carbonyl (C=O) groups is 1. The third-order valence-corrected chi connectivity index (χ3v) is 3.55. The SMILES string of the molecule is CN=C(NCc1cccc(C(=O)NC)c1)NCc1cc(F)ccc1F.I. The second-order valence-corrected chi connectivity index (χ2v) is 5.29. The summed E-state index contributed by atoms with van der Waals surface area (Å²) in [5.41, 5.74) is 1.66. The van der Waals surface area contributed by atoms with E-state index in [0.717, 1.165) is 23.8 Å². The predicted molar refractivity (Wildman–Crippen MR) is 109 cm³/mol. The van der Waals surface area contributed by atoms with Crippen molar-refractivity contribution < 1.29 is 13.6 Å². The number of nitrogens with one attached hydrogen (secondary N) is 3. The van der Waals surface area contributed by atoms with E-state index in [4.69, 9.17) is 0 Å². The molecule has 26 heavy (non-hydrogen) atoms. The highest BCUT2D eigenvalue weighted by Gasteiger charge is 2.06. The molecule has 8 heteroatoms. The average molecular weight is 474 g/mol. The number of nitrogens with zero attached hydrogens (tertiary/aromatic N) is 1. The van der Waals surface area contributed by atoms with Crippen molar-refractivity contribution in [3.63, 3.8) is 0 Å². The minimum Gasteiger partial charge on any atom is -0.355 e. The first-order valence-corrected chi connectivity index (χ1v) is 7.73. The highest BCUT2D eigenvalue weighted by atomic mass is 127. The van der Waals surface area contributed by atoms with E-state index in [2.05, 4.69) is 20.9 Å². The molecule has 2 rings (SSSR count). The van der Waals surface area contributed by atoms with Crippen LogP contribution in [-0.2, 0) is 13.1 Å². The highest BCUT2D eigenvalue weighted by Crippen LogP contribution is 2.09. The number of amides is 1. The first-order chi connectivity index (χ1) is 12.0. The third kappa shape index (κ3) is 6.25. The zero-order chi connectivity index (χ0) is 18.2. The summed E-state index contributed by atoms with van der Waals surface area (Å²) in [5.74, 6) is -0.699. The molecule has 0 heterocycles. The van der Waals surface area contributed by atoms with Crippen LogP contribution in [-0.4, -0.2) is 26.0 Å². The van der Waals surface area contributed by atoms with Gasteiger partial charge in [0.25, 0.3) is 5.91 Å². The molecule has 0 aliphatic carbocycles. The average Bonchev–Trinajstić information content (AvgIpc) is 2.64. The van der Waals surface area contributed by atoms with Crippen LogP contribution in [0.1, 0.15) is 21.5 Å². The lowest BCUT2D eigenvalue weighted by Gasteiger charge is -2.13. The Kier molecular flexibility index (Phi) is 8.97. The maximum Gasteiger partial charge on any atom is 0.251 e. The molecule has 0 aromatic heterocycles. The Morgan fingerprint density at radius 3 is 2.50 bits per heavy atom. The van der Waals surface area contributed by atoms with Gasteiger partial charge in [0.15, 0.2) is 5.96 Å². The molecule has 0 aliphatic heterocycles. The maximum absolute atomic E-state index is 13.6. The second-order valence-electron chi connectivity index (χ2n) is 5.29. The summed E-state index contributed by atoms with van der Waals surface area (Å²) in [6, 6.07) is 10.5. The van der Waals surface area contributed by atoms with E-state index in [1.54, 1.807) is 32.3 Å². The Labute approximate surface area is 168 Å². The number of guanidine groups is 1. The molecule has 0 saturated carbocycles. The summed E-state index contributed by atoms with van der Waals surface area (Å²) in [5, 5.41) is 8.56. The van der Waals surface area contributed by atoms with Crippen molar-refractivity contribution in [3.05, 3.63) is 70.8 Å². The zero-order valence-corrected chi connectivity index (χ0v) is 16.8. The van der Waals surface area contributed by atoms with Crippen molar-refractivity contribution in [2.75, 3.05) is 14.1 Å². The van der Waals surface area contributed by atoms with Crippen LogP contribution in [0, 0.1) is 11.6 Å². The van der Waals surface area contributed by atoms with E-state index in [0.29, 0.717) is 18.1 Å². The number of rotatable bonds is 5. The Hall–Kier alpha value is -2.23. The first-order valence-electron chi connectivity index (χ1n) is 7.73. The van der Waals surface area contributed by atoms with Crippen molar-refractivity contribution in [3.8, 4) is 0 Å². The molecule has 0 atom stereocenters. The van der Waals surface area contributed by atoms with Gasteiger partial charge in [0.2, 0.25) is 0 Å². The molecule has 0 aliphatic rings. The second kappa shape index (κ2) is 10.7. The van der Waals surface area contributed by atoms with Crippen molar-refractivity contribution in [2.24, 2.45) is 4.99 Å². The smallest absolute Gasteiger partial charge is 0.251 e. The summed E-state index contributed by atoms with van der Waals surface area (Å²) in [6.45, 7) is 0.525. The fourth-order valence-corrected chi connectivity index (χ4v) is 2.23. The number of hydrogen-bond acceptors (Lipinski definition) is 2. The fourth-order valence-electron chi connectivity index (χ4n) is 2.23. The van der Waals surface area contributed by atoms with Crippen LogP contribution in [0.2, 0.25) is 0 Å². The Bertz CT molecular complexity index is 784. The highest BCUT2D eigenvalue weighted by molar-refractivity contribution is 14.0. The molecule has 0 fully saturated rings. The minimum absolute atomic E-state index is 0. The van der Waals surface area contributed by atoms with Crippen LogP contribution in [0.15, 0.2) is 47.5 Å². The summed E-state index contributed by atoms with van der Waals surface area (Å²) in [4.78, 5) is 15.7. The van der Waals surface area contributed by atoms with Gasteiger partial charge in [-0.3, -0.25) is 9.79 Å². The number of hydrogen-bond donors (Lipinski definition) is 3. The molecule has 0 bridgehead atoms. The van der Waals surface area contributed by atoms with Gasteiger partial charge in [-0.25, -0.2) is 8.78 Å². The molecule has 0 saturated heterocycles. The van der Waals surface area contributed by atoms with E-state index in [-0.39, 0.29) is 42.0 Å². The molecule has 0 spiro atoms. The number of aliphatic imine (C=N–C) groups is 1. The summed E-state index contributed by atoms with van der Waals surface area (Å²) >= 11 is 0. The normalized spacial score (nSPS) is 10.7. The van der Waals surface area contributed by atoms with Gasteiger partial charge in [0, 0.05) is 38.3 Å². The summed E-state index contributed by atoms with van der Waals surface area (Å²) in [6.07, 6.45) is 0. The fraction of sp³-hybridized carbons (Fsp3) is 0.222. The van der Waals surface area contributed by atoms with Gasteiger partial charge in [0.05, 0.1) is 0 Å². The van der Waals surface area contributed by atoms with Gasteiger partial charge in [0.1, 0.15) is 11.6 Å². The monoisotopic (exact) mass is 474 g/mol. The number of carbonyl (C=O) groups excluding carboxylic acids is 1. The molecule has 140 valence electrons. The van der Waals surface area contributed by atoms with Gasteiger partial charge in [-0.05, 0) is 35.9 Å². The van der Waals surface area contributed by atoms with Gasteiger partial charge in [-0.2, -0.15) is 0 Å². The van der Waals surface area contributed by atoms with E-state index < -0.39 is 11.6 Å². The van der Waals surface area contributed by atoms with Crippen molar-refractivity contribution in [1.82, 2.24) is 16.0 Å². The topological polar surface area (TPSA) is 65.5 Å². The molecule has 0 radical (unpaired) electrons.